The number of hydrogen-bond acceptors (Lipinski definition) is 1. The van der Waals surface area contributed by atoms with Crippen LogP contribution in [0.3, 0.4) is 0 Å². The van der Waals surface area contributed by atoms with Crippen LogP contribution < -0.4 is 0 Å². The minimum absolute atomic E-state index is 0.251. The fourth-order valence-electron chi connectivity index (χ4n) is 0.542. The minimum atomic E-state index is -0.251. The molecule has 0 heterocycles. The van der Waals surface area contributed by atoms with Crippen LogP contribution in [0.25, 0.3) is 0 Å². The molecule has 65 valence electrons. The van der Waals surface area contributed by atoms with Crippen LogP contribution in [-0.4, -0.2) is 22.0 Å². The van der Waals surface area contributed by atoms with Crippen molar-refractivity contribution < 1.29 is 4.74 Å². The van der Waals surface area contributed by atoms with Crippen molar-refractivity contribution in [2.45, 2.75) is 32.0 Å². The minimum Gasteiger partial charge on any atom is -0.377 e. The van der Waals surface area contributed by atoms with Gasteiger partial charge in [-0.3, -0.25) is 0 Å². The second-order valence-electron chi connectivity index (χ2n) is 3.69. The van der Waals surface area contributed by atoms with Gasteiger partial charge < -0.3 is 4.74 Å². The van der Waals surface area contributed by atoms with Crippen molar-refractivity contribution in [2.24, 2.45) is 0 Å². The number of rotatable bonds is 5. The summed E-state index contributed by atoms with van der Waals surface area (Å²) < 4.78 is 5.42. The second kappa shape index (κ2) is 4.73. The molecule has 0 aliphatic carbocycles. The molecule has 11 heavy (non-hydrogen) atoms. The maximum absolute atomic E-state index is 5.42. The molecular formula is C9H19OSi. The molecule has 0 saturated carbocycles. The summed E-state index contributed by atoms with van der Waals surface area (Å²) in [6.07, 6.45) is 1.80. The molecule has 2 heteroatoms. The van der Waals surface area contributed by atoms with Crippen LogP contribution in [0.5, 0.6) is 0 Å². The molecule has 0 aliphatic heterocycles. The summed E-state index contributed by atoms with van der Waals surface area (Å²) in [5.41, 5.74) is 0. The largest absolute Gasteiger partial charge is 0.377 e. The van der Waals surface area contributed by atoms with Gasteiger partial charge in [-0.05, 0) is 5.04 Å². The Kier molecular flexibility index (Phi) is 4.69. The first-order valence-corrected chi connectivity index (χ1v) is 6.50. The van der Waals surface area contributed by atoms with E-state index in [9.17, 15) is 0 Å². The molecule has 0 amide bonds. The van der Waals surface area contributed by atoms with E-state index in [1.165, 1.54) is 0 Å². The maximum atomic E-state index is 5.42. The van der Waals surface area contributed by atoms with Gasteiger partial charge in [0.15, 0.2) is 0 Å². The Morgan fingerprint density at radius 3 is 2.36 bits per heavy atom. The Bertz CT molecular complexity index is 119. The zero-order chi connectivity index (χ0) is 8.91. The average Bonchev–Trinajstić information content (AvgIpc) is 1.88. The summed E-state index contributed by atoms with van der Waals surface area (Å²) in [5.74, 6) is 0. The molecule has 0 bridgehead atoms. The van der Waals surface area contributed by atoms with E-state index in [4.69, 9.17) is 4.74 Å². The molecule has 1 nitrogen and oxygen atoms in total. The average molecular weight is 171 g/mol. The molecule has 1 radical (unpaired) electrons. The van der Waals surface area contributed by atoms with Crippen molar-refractivity contribution in [2.75, 3.05) is 13.2 Å². The predicted octanol–water partition coefficient (Wildman–Crippen LogP) is 2.72. The van der Waals surface area contributed by atoms with Gasteiger partial charge in [-0.15, -0.1) is 6.58 Å². The molecular weight excluding hydrogens is 152 g/mol. The summed E-state index contributed by atoms with van der Waals surface area (Å²) in [6, 6.07) is 0. The van der Waals surface area contributed by atoms with Gasteiger partial charge >= 0.3 is 0 Å². The van der Waals surface area contributed by atoms with E-state index in [0.29, 0.717) is 11.6 Å². The molecule has 0 rings (SSSR count). The Hall–Kier alpha value is -0.0831. The molecule has 0 aromatic carbocycles. The molecule has 0 atom stereocenters. The van der Waals surface area contributed by atoms with Crippen LogP contribution in [0.2, 0.25) is 18.1 Å². The van der Waals surface area contributed by atoms with Gasteiger partial charge in [-0.25, -0.2) is 0 Å². The SMILES string of the molecule is C=CCOCC(C)(C)[Si](C)C. The predicted molar refractivity (Wildman–Crippen MR) is 52.5 cm³/mol. The molecule has 0 aliphatic rings. The van der Waals surface area contributed by atoms with Crippen molar-refractivity contribution in [1.29, 1.82) is 0 Å². The monoisotopic (exact) mass is 171 g/mol. The first-order chi connectivity index (χ1) is 5.00. The van der Waals surface area contributed by atoms with Crippen molar-refractivity contribution in [3.63, 3.8) is 0 Å². The Morgan fingerprint density at radius 1 is 1.45 bits per heavy atom. The summed E-state index contributed by atoms with van der Waals surface area (Å²) in [6.45, 7) is 14.3. The fourth-order valence-corrected chi connectivity index (χ4v) is 0.932. The highest BCUT2D eigenvalue weighted by atomic mass is 28.3. The van der Waals surface area contributed by atoms with Crippen molar-refractivity contribution in [3.05, 3.63) is 12.7 Å². The zero-order valence-electron chi connectivity index (χ0n) is 8.11. The van der Waals surface area contributed by atoms with E-state index >= 15 is 0 Å². The Balaban J connectivity index is 3.63. The van der Waals surface area contributed by atoms with Crippen LogP contribution in [0.4, 0.5) is 0 Å². The third-order valence-electron chi connectivity index (χ3n) is 2.05. The summed E-state index contributed by atoms with van der Waals surface area (Å²) in [5, 5.41) is 0.383. The smallest absolute Gasteiger partial charge is 0.0644 e. The fraction of sp³-hybridized carbons (Fsp3) is 0.778. The van der Waals surface area contributed by atoms with E-state index in [1.807, 2.05) is 0 Å². The van der Waals surface area contributed by atoms with Crippen LogP contribution >= 0.6 is 0 Å². The highest BCUT2D eigenvalue weighted by Gasteiger charge is 2.23. The lowest BCUT2D eigenvalue weighted by atomic mass is 10.2. The van der Waals surface area contributed by atoms with Gasteiger partial charge in [0, 0.05) is 6.61 Å². The van der Waals surface area contributed by atoms with E-state index in [-0.39, 0.29) is 8.80 Å². The molecule has 0 aromatic heterocycles. The standard InChI is InChI=1S/C9H19OSi/c1-6-7-10-8-9(2,3)11(4)5/h6H,1,7-8H2,2-5H3. The van der Waals surface area contributed by atoms with Crippen molar-refractivity contribution >= 4 is 8.80 Å². The van der Waals surface area contributed by atoms with Crippen LogP contribution in [0, 0.1) is 0 Å². The van der Waals surface area contributed by atoms with Gasteiger partial charge in [-0.1, -0.05) is 33.0 Å². The van der Waals surface area contributed by atoms with Gasteiger partial charge in [-0.2, -0.15) is 0 Å². The van der Waals surface area contributed by atoms with Crippen LogP contribution in [0.1, 0.15) is 13.8 Å². The molecule has 0 unspecified atom stereocenters. The molecule has 0 saturated heterocycles. The zero-order valence-corrected chi connectivity index (χ0v) is 9.11. The first-order valence-electron chi connectivity index (χ1n) is 4.00. The van der Waals surface area contributed by atoms with Gasteiger partial charge in [0.1, 0.15) is 0 Å². The highest BCUT2D eigenvalue weighted by molar-refractivity contribution is 6.59. The Morgan fingerprint density at radius 2 is 2.00 bits per heavy atom. The summed E-state index contributed by atoms with van der Waals surface area (Å²) in [7, 11) is -0.251. The van der Waals surface area contributed by atoms with Crippen LogP contribution in [0.15, 0.2) is 12.7 Å². The van der Waals surface area contributed by atoms with E-state index < -0.39 is 0 Å². The Labute approximate surface area is 72.1 Å². The summed E-state index contributed by atoms with van der Waals surface area (Å²) >= 11 is 0. The quantitative estimate of drug-likeness (QED) is 0.351. The van der Waals surface area contributed by atoms with Crippen LogP contribution in [-0.2, 0) is 4.74 Å². The highest BCUT2D eigenvalue weighted by Crippen LogP contribution is 2.27. The number of ether oxygens (including phenoxy) is 1. The lowest BCUT2D eigenvalue weighted by molar-refractivity contribution is 0.139. The lowest BCUT2D eigenvalue weighted by Gasteiger charge is -2.27. The molecule has 0 aromatic rings. The first kappa shape index (κ1) is 10.9. The van der Waals surface area contributed by atoms with Crippen molar-refractivity contribution in [1.82, 2.24) is 0 Å². The lowest BCUT2D eigenvalue weighted by Crippen LogP contribution is -2.26. The van der Waals surface area contributed by atoms with E-state index in [2.05, 4.69) is 33.5 Å². The van der Waals surface area contributed by atoms with E-state index in [1.54, 1.807) is 6.08 Å². The molecule has 0 fully saturated rings. The maximum Gasteiger partial charge on any atom is 0.0644 e. The normalized spacial score (nSPS) is 12.1. The van der Waals surface area contributed by atoms with Crippen molar-refractivity contribution in [3.8, 4) is 0 Å². The second-order valence-corrected chi connectivity index (χ2v) is 7.04. The third-order valence-corrected chi connectivity index (χ3v) is 4.90. The van der Waals surface area contributed by atoms with E-state index in [0.717, 1.165) is 6.61 Å². The number of hydrogen-bond donors (Lipinski definition) is 0. The summed E-state index contributed by atoms with van der Waals surface area (Å²) in [4.78, 5) is 0. The molecule has 0 spiro atoms. The van der Waals surface area contributed by atoms with Gasteiger partial charge in [0.05, 0.1) is 15.4 Å². The topological polar surface area (TPSA) is 9.23 Å². The molecule has 0 N–H and O–H groups in total. The van der Waals surface area contributed by atoms with Gasteiger partial charge in [0.2, 0.25) is 0 Å². The third kappa shape index (κ3) is 4.38. The van der Waals surface area contributed by atoms with Gasteiger partial charge in [0.25, 0.3) is 0 Å².